The molecule has 2 rings (SSSR count). The molecule has 1 atom stereocenters. The van der Waals surface area contributed by atoms with Gasteiger partial charge in [0.2, 0.25) is 5.91 Å². The number of aromatic nitrogens is 1. The Labute approximate surface area is 112 Å². The van der Waals surface area contributed by atoms with Gasteiger partial charge in [-0.15, -0.1) is 0 Å². The molecule has 2 heterocycles. The first-order valence-corrected chi connectivity index (χ1v) is 6.47. The first-order valence-electron chi connectivity index (χ1n) is 6.47. The number of hydrogen-bond donors (Lipinski definition) is 2. The van der Waals surface area contributed by atoms with Gasteiger partial charge >= 0.3 is 5.97 Å². The Hall–Kier alpha value is -1.82. The van der Waals surface area contributed by atoms with Crippen LogP contribution in [0.25, 0.3) is 0 Å². The molecule has 0 spiro atoms. The molecular weight excluding hydrogens is 246 g/mol. The lowest BCUT2D eigenvalue weighted by molar-refractivity contribution is -0.119. The molecule has 1 aliphatic rings. The van der Waals surface area contributed by atoms with Gasteiger partial charge in [0, 0.05) is 19.8 Å². The number of nitrogens with zero attached hydrogens (tertiary/aromatic N) is 1. The molecule has 1 aliphatic heterocycles. The van der Waals surface area contributed by atoms with Gasteiger partial charge < -0.3 is 19.9 Å². The summed E-state index contributed by atoms with van der Waals surface area (Å²) >= 11 is 0. The van der Waals surface area contributed by atoms with Crippen LogP contribution >= 0.6 is 0 Å². The average molecular weight is 265 g/mol. The number of nitrogens with one attached hydrogen (secondary N) is 2. The van der Waals surface area contributed by atoms with Crippen molar-refractivity contribution in [2.75, 3.05) is 25.0 Å². The van der Waals surface area contributed by atoms with Gasteiger partial charge in [-0.05, 0) is 26.0 Å². The Bertz CT molecular complexity index is 475. The van der Waals surface area contributed by atoms with Gasteiger partial charge in [-0.2, -0.15) is 0 Å². The smallest absolute Gasteiger partial charge is 0.355 e. The maximum atomic E-state index is 12.0. The third kappa shape index (κ3) is 3.14. The molecule has 1 saturated heterocycles. The van der Waals surface area contributed by atoms with Crippen molar-refractivity contribution in [2.45, 2.75) is 13.3 Å². The standard InChI is InChI=1S/C13H19N3O3/c1-3-19-13(18)11-6-10(8-16(11)2)15-12(17)9-4-5-14-7-9/h6,8-9,14H,3-5,7H2,1-2H3,(H,15,17). The normalized spacial score (nSPS) is 18.3. The Morgan fingerprint density at radius 3 is 3.00 bits per heavy atom. The lowest BCUT2D eigenvalue weighted by atomic mass is 10.1. The number of rotatable bonds is 4. The monoisotopic (exact) mass is 265 g/mol. The zero-order valence-electron chi connectivity index (χ0n) is 11.2. The van der Waals surface area contributed by atoms with Gasteiger partial charge in [0.05, 0.1) is 18.2 Å². The van der Waals surface area contributed by atoms with Gasteiger partial charge in [-0.1, -0.05) is 0 Å². The number of anilines is 1. The topological polar surface area (TPSA) is 72.4 Å². The molecule has 1 aromatic rings. The maximum Gasteiger partial charge on any atom is 0.355 e. The van der Waals surface area contributed by atoms with E-state index in [9.17, 15) is 9.59 Å². The zero-order valence-corrected chi connectivity index (χ0v) is 11.2. The Kier molecular flexibility index (Phi) is 4.21. The van der Waals surface area contributed by atoms with Gasteiger partial charge in [-0.25, -0.2) is 4.79 Å². The quantitative estimate of drug-likeness (QED) is 0.788. The van der Waals surface area contributed by atoms with E-state index >= 15 is 0 Å². The van der Waals surface area contributed by atoms with Crippen LogP contribution in [0.2, 0.25) is 0 Å². The second-order valence-corrected chi connectivity index (χ2v) is 4.62. The molecule has 0 bridgehead atoms. The highest BCUT2D eigenvalue weighted by Gasteiger charge is 2.23. The fourth-order valence-corrected chi connectivity index (χ4v) is 2.16. The minimum absolute atomic E-state index is 0.00579. The van der Waals surface area contributed by atoms with Crippen molar-refractivity contribution >= 4 is 17.6 Å². The van der Waals surface area contributed by atoms with Crippen molar-refractivity contribution in [1.29, 1.82) is 0 Å². The van der Waals surface area contributed by atoms with Gasteiger partial charge in [-0.3, -0.25) is 4.79 Å². The van der Waals surface area contributed by atoms with Crippen molar-refractivity contribution in [3.63, 3.8) is 0 Å². The predicted molar refractivity (Wildman–Crippen MR) is 71.0 cm³/mol. The molecule has 19 heavy (non-hydrogen) atoms. The number of ether oxygens (including phenoxy) is 1. The van der Waals surface area contributed by atoms with Crippen LogP contribution in [0.5, 0.6) is 0 Å². The second-order valence-electron chi connectivity index (χ2n) is 4.62. The molecule has 1 amide bonds. The molecule has 2 N–H and O–H groups in total. The average Bonchev–Trinajstić information content (AvgIpc) is 2.99. The first kappa shape index (κ1) is 13.6. The highest BCUT2D eigenvalue weighted by molar-refractivity contribution is 5.95. The van der Waals surface area contributed by atoms with Crippen LogP contribution in [-0.4, -0.2) is 36.1 Å². The third-order valence-electron chi connectivity index (χ3n) is 3.19. The first-order chi connectivity index (χ1) is 9.11. The van der Waals surface area contributed by atoms with Crippen LogP contribution in [0.4, 0.5) is 5.69 Å². The summed E-state index contributed by atoms with van der Waals surface area (Å²) in [4.78, 5) is 23.6. The van der Waals surface area contributed by atoms with E-state index in [0.29, 0.717) is 24.5 Å². The Morgan fingerprint density at radius 1 is 1.58 bits per heavy atom. The van der Waals surface area contributed by atoms with E-state index < -0.39 is 0 Å². The summed E-state index contributed by atoms with van der Waals surface area (Å²) in [6.45, 7) is 3.68. The third-order valence-corrected chi connectivity index (χ3v) is 3.19. The molecule has 6 nitrogen and oxygen atoms in total. The van der Waals surface area contributed by atoms with Crippen LogP contribution in [0, 0.1) is 5.92 Å². The Morgan fingerprint density at radius 2 is 2.37 bits per heavy atom. The van der Waals surface area contributed by atoms with E-state index in [1.54, 1.807) is 30.8 Å². The molecule has 0 radical (unpaired) electrons. The fraction of sp³-hybridized carbons (Fsp3) is 0.538. The number of carbonyl (C=O) groups is 2. The van der Waals surface area contributed by atoms with Gasteiger partial charge in [0.25, 0.3) is 0 Å². The highest BCUT2D eigenvalue weighted by atomic mass is 16.5. The second kappa shape index (κ2) is 5.88. The van der Waals surface area contributed by atoms with E-state index in [1.807, 2.05) is 0 Å². The van der Waals surface area contributed by atoms with Crippen LogP contribution in [0.15, 0.2) is 12.3 Å². The molecular formula is C13H19N3O3. The number of esters is 1. The van der Waals surface area contributed by atoms with Crippen LogP contribution in [0.1, 0.15) is 23.8 Å². The zero-order chi connectivity index (χ0) is 13.8. The number of aryl methyl sites for hydroxylation is 1. The molecule has 1 unspecified atom stereocenters. The van der Waals surface area contributed by atoms with Crippen molar-refractivity contribution in [3.8, 4) is 0 Å². The van der Waals surface area contributed by atoms with Crippen LogP contribution in [-0.2, 0) is 16.6 Å². The van der Waals surface area contributed by atoms with Crippen LogP contribution in [0.3, 0.4) is 0 Å². The molecule has 0 aliphatic carbocycles. The van der Waals surface area contributed by atoms with Crippen LogP contribution < -0.4 is 10.6 Å². The van der Waals surface area contributed by atoms with Crippen molar-refractivity contribution in [1.82, 2.24) is 9.88 Å². The number of amides is 1. The van der Waals surface area contributed by atoms with Crippen molar-refractivity contribution in [3.05, 3.63) is 18.0 Å². The summed E-state index contributed by atoms with van der Waals surface area (Å²) in [6.07, 6.45) is 2.57. The lowest BCUT2D eigenvalue weighted by Crippen LogP contribution is -2.24. The van der Waals surface area contributed by atoms with Crippen molar-refractivity contribution < 1.29 is 14.3 Å². The van der Waals surface area contributed by atoms with E-state index in [2.05, 4.69) is 10.6 Å². The van der Waals surface area contributed by atoms with Gasteiger partial charge in [0.1, 0.15) is 5.69 Å². The van der Waals surface area contributed by atoms with Crippen molar-refractivity contribution in [2.24, 2.45) is 13.0 Å². The van der Waals surface area contributed by atoms with E-state index in [1.165, 1.54) is 0 Å². The summed E-state index contributed by atoms with van der Waals surface area (Å²) < 4.78 is 6.60. The molecule has 0 aromatic carbocycles. The number of hydrogen-bond acceptors (Lipinski definition) is 4. The molecule has 1 fully saturated rings. The molecule has 6 heteroatoms. The SMILES string of the molecule is CCOC(=O)c1cc(NC(=O)C2CCNC2)cn1C. The fourth-order valence-electron chi connectivity index (χ4n) is 2.16. The minimum Gasteiger partial charge on any atom is -0.461 e. The van der Waals surface area contributed by atoms with E-state index in [4.69, 9.17) is 4.74 Å². The van der Waals surface area contributed by atoms with E-state index in [0.717, 1.165) is 13.0 Å². The molecule has 104 valence electrons. The summed E-state index contributed by atoms with van der Waals surface area (Å²) in [5.74, 6) is -0.384. The highest BCUT2D eigenvalue weighted by Crippen LogP contribution is 2.16. The maximum absolute atomic E-state index is 12.0. The molecule has 1 aromatic heterocycles. The minimum atomic E-state index is -0.381. The summed E-state index contributed by atoms with van der Waals surface area (Å²) in [5.41, 5.74) is 1.06. The van der Waals surface area contributed by atoms with Gasteiger partial charge in [0.15, 0.2) is 0 Å². The summed E-state index contributed by atoms with van der Waals surface area (Å²) in [6, 6.07) is 1.64. The largest absolute Gasteiger partial charge is 0.461 e. The summed E-state index contributed by atoms with van der Waals surface area (Å²) in [7, 11) is 1.75. The van der Waals surface area contributed by atoms with E-state index in [-0.39, 0.29) is 17.8 Å². The summed E-state index contributed by atoms with van der Waals surface area (Å²) in [5, 5.41) is 5.98. The number of carbonyl (C=O) groups excluding carboxylic acids is 2. The lowest BCUT2D eigenvalue weighted by Gasteiger charge is -2.07. The molecule has 0 saturated carbocycles. The Balaban J connectivity index is 2.03. The predicted octanol–water partition coefficient (Wildman–Crippen LogP) is 0.750.